The van der Waals surface area contributed by atoms with Gasteiger partial charge in [-0.25, -0.2) is 4.39 Å². The SMILES string of the molecule is O=C(CC1Oc2ccccc2NC1=O)NCCc1ccccc1F. The van der Waals surface area contributed by atoms with Crippen molar-refractivity contribution in [3.63, 3.8) is 0 Å². The molecule has 5 nitrogen and oxygen atoms in total. The van der Waals surface area contributed by atoms with Crippen LogP contribution in [0.15, 0.2) is 48.5 Å². The lowest BCUT2D eigenvalue weighted by molar-refractivity contribution is -0.130. The first-order chi connectivity index (χ1) is 11.6. The quantitative estimate of drug-likeness (QED) is 0.885. The summed E-state index contributed by atoms with van der Waals surface area (Å²) in [6.07, 6.45) is -0.565. The minimum absolute atomic E-state index is 0.0859. The van der Waals surface area contributed by atoms with E-state index in [4.69, 9.17) is 4.74 Å². The van der Waals surface area contributed by atoms with E-state index in [2.05, 4.69) is 10.6 Å². The average Bonchev–Trinajstić information content (AvgIpc) is 2.57. The largest absolute Gasteiger partial charge is 0.478 e. The van der Waals surface area contributed by atoms with Gasteiger partial charge in [-0.05, 0) is 30.2 Å². The molecule has 0 radical (unpaired) electrons. The van der Waals surface area contributed by atoms with Gasteiger partial charge in [0.2, 0.25) is 5.91 Å². The Kier molecular flexibility index (Phi) is 4.74. The maximum atomic E-state index is 13.5. The summed E-state index contributed by atoms with van der Waals surface area (Å²) < 4.78 is 19.1. The first-order valence-electron chi connectivity index (χ1n) is 7.70. The molecule has 2 amide bonds. The summed E-state index contributed by atoms with van der Waals surface area (Å²) in [5, 5.41) is 5.40. The maximum absolute atomic E-state index is 13.5. The van der Waals surface area contributed by atoms with Crippen LogP contribution in [0, 0.1) is 5.82 Å². The molecule has 6 heteroatoms. The van der Waals surface area contributed by atoms with Crippen LogP contribution in [-0.4, -0.2) is 24.5 Å². The second-order valence-electron chi connectivity index (χ2n) is 5.49. The average molecular weight is 328 g/mol. The van der Waals surface area contributed by atoms with Crippen molar-refractivity contribution < 1.29 is 18.7 Å². The third-order valence-corrected chi connectivity index (χ3v) is 3.75. The van der Waals surface area contributed by atoms with Gasteiger partial charge < -0.3 is 15.4 Å². The second kappa shape index (κ2) is 7.12. The van der Waals surface area contributed by atoms with E-state index in [0.717, 1.165) is 0 Å². The Morgan fingerprint density at radius 3 is 2.75 bits per heavy atom. The van der Waals surface area contributed by atoms with E-state index in [1.54, 1.807) is 42.5 Å². The molecular weight excluding hydrogens is 311 g/mol. The summed E-state index contributed by atoms with van der Waals surface area (Å²) in [4.78, 5) is 23.9. The lowest BCUT2D eigenvalue weighted by Crippen LogP contribution is -2.41. The normalized spacial score (nSPS) is 15.9. The van der Waals surface area contributed by atoms with Crippen molar-refractivity contribution in [1.82, 2.24) is 5.32 Å². The third-order valence-electron chi connectivity index (χ3n) is 3.75. The molecule has 0 fully saturated rings. The monoisotopic (exact) mass is 328 g/mol. The Morgan fingerprint density at radius 1 is 1.17 bits per heavy atom. The molecule has 0 saturated carbocycles. The molecule has 2 aromatic carbocycles. The highest BCUT2D eigenvalue weighted by atomic mass is 19.1. The van der Waals surface area contributed by atoms with Crippen LogP contribution in [0.25, 0.3) is 0 Å². The van der Waals surface area contributed by atoms with Crippen LogP contribution in [0.2, 0.25) is 0 Å². The second-order valence-corrected chi connectivity index (χ2v) is 5.49. The van der Waals surface area contributed by atoms with Crippen molar-refractivity contribution in [2.45, 2.75) is 18.9 Å². The predicted molar refractivity (Wildman–Crippen MR) is 87.2 cm³/mol. The number of halogens is 1. The van der Waals surface area contributed by atoms with E-state index in [1.807, 2.05) is 0 Å². The van der Waals surface area contributed by atoms with Crippen LogP contribution in [0.3, 0.4) is 0 Å². The summed E-state index contributed by atoms with van der Waals surface area (Å²) >= 11 is 0. The molecule has 1 heterocycles. The van der Waals surface area contributed by atoms with Crippen molar-refractivity contribution in [3.05, 3.63) is 59.9 Å². The molecule has 124 valence electrons. The summed E-state index contributed by atoms with van der Waals surface area (Å²) in [5.74, 6) is -0.413. The van der Waals surface area contributed by atoms with Gasteiger partial charge in [-0.3, -0.25) is 9.59 Å². The fourth-order valence-corrected chi connectivity index (χ4v) is 2.51. The van der Waals surface area contributed by atoms with E-state index in [9.17, 15) is 14.0 Å². The summed E-state index contributed by atoms with van der Waals surface area (Å²) in [6, 6.07) is 13.5. The van der Waals surface area contributed by atoms with Gasteiger partial charge in [0.1, 0.15) is 11.6 Å². The molecule has 1 unspecified atom stereocenters. The number of anilines is 1. The molecule has 24 heavy (non-hydrogen) atoms. The van der Waals surface area contributed by atoms with E-state index >= 15 is 0 Å². The van der Waals surface area contributed by atoms with Gasteiger partial charge >= 0.3 is 0 Å². The fourth-order valence-electron chi connectivity index (χ4n) is 2.51. The number of carbonyl (C=O) groups excluding carboxylic acids is 2. The molecule has 1 aliphatic heterocycles. The van der Waals surface area contributed by atoms with Crippen LogP contribution in [0.5, 0.6) is 5.75 Å². The number of hydrogen-bond acceptors (Lipinski definition) is 3. The van der Waals surface area contributed by atoms with Crippen LogP contribution < -0.4 is 15.4 Å². The van der Waals surface area contributed by atoms with Crippen molar-refractivity contribution >= 4 is 17.5 Å². The molecule has 1 atom stereocenters. The van der Waals surface area contributed by atoms with Gasteiger partial charge in [0.15, 0.2) is 6.10 Å². The molecule has 0 aliphatic carbocycles. The Bertz CT molecular complexity index is 763. The predicted octanol–water partition coefficient (Wildman–Crippen LogP) is 2.27. The number of benzene rings is 2. The highest BCUT2D eigenvalue weighted by Crippen LogP contribution is 2.29. The Hall–Kier alpha value is -2.89. The summed E-state index contributed by atoms with van der Waals surface area (Å²) in [6.45, 7) is 0.296. The van der Waals surface area contributed by atoms with Gasteiger partial charge in [0.25, 0.3) is 5.91 Å². The van der Waals surface area contributed by atoms with Gasteiger partial charge in [-0.1, -0.05) is 30.3 Å². The zero-order chi connectivity index (χ0) is 16.9. The molecule has 1 aliphatic rings. The van der Waals surface area contributed by atoms with E-state index in [1.165, 1.54) is 6.07 Å². The first kappa shape index (κ1) is 16.0. The number of fused-ring (bicyclic) bond motifs is 1. The summed E-state index contributed by atoms with van der Waals surface area (Å²) in [7, 11) is 0. The number of hydrogen-bond donors (Lipinski definition) is 2. The van der Waals surface area contributed by atoms with Crippen LogP contribution >= 0.6 is 0 Å². The minimum atomic E-state index is -0.867. The van der Waals surface area contributed by atoms with Crippen molar-refractivity contribution in [3.8, 4) is 5.75 Å². The maximum Gasteiger partial charge on any atom is 0.266 e. The molecular formula is C18H17FN2O3. The van der Waals surface area contributed by atoms with E-state index in [-0.39, 0.29) is 24.1 Å². The van der Waals surface area contributed by atoms with Crippen LogP contribution in [-0.2, 0) is 16.0 Å². The lowest BCUT2D eigenvalue weighted by atomic mass is 10.1. The van der Waals surface area contributed by atoms with Crippen LogP contribution in [0.1, 0.15) is 12.0 Å². The minimum Gasteiger partial charge on any atom is -0.478 e. The molecule has 0 aromatic heterocycles. The molecule has 3 rings (SSSR count). The van der Waals surface area contributed by atoms with Crippen molar-refractivity contribution in [1.29, 1.82) is 0 Å². The van der Waals surface area contributed by atoms with Crippen molar-refractivity contribution in [2.24, 2.45) is 0 Å². The number of ether oxygens (including phenoxy) is 1. The zero-order valence-electron chi connectivity index (χ0n) is 12.9. The van der Waals surface area contributed by atoms with Gasteiger partial charge in [-0.15, -0.1) is 0 Å². The molecule has 0 saturated heterocycles. The smallest absolute Gasteiger partial charge is 0.266 e. The Balaban J connectivity index is 1.50. The highest BCUT2D eigenvalue weighted by molar-refractivity contribution is 5.99. The Morgan fingerprint density at radius 2 is 1.92 bits per heavy atom. The highest BCUT2D eigenvalue weighted by Gasteiger charge is 2.29. The van der Waals surface area contributed by atoms with Gasteiger partial charge in [0, 0.05) is 6.54 Å². The number of rotatable bonds is 5. The Labute approximate surface area is 138 Å². The van der Waals surface area contributed by atoms with E-state index in [0.29, 0.717) is 30.0 Å². The molecule has 0 spiro atoms. The molecule has 2 aromatic rings. The fraction of sp³-hybridized carbons (Fsp3) is 0.222. The number of carbonyl (C=O) groups is 2. The van der Waals surface area contributed by atoms with Crippen LogP contribution in [0.4, 0.5) is 10.1 Å². The molecule has 0 bridgehead atoms. The number of amides is 2. The summed E-state index contributed by atoms with van der Waals surface area (Å²) in [5.41, 5.74) is 1.14. The first-order valence-corrected chi connectivity index (χ1v) is 7.70. The number of nitrogens with one attached hydrogen (secondary N) is 2. The topological polar surface area (TPSA) is 67.4 Å². The van der Waals surface area contributed by atoms with Gasteiger partial charge in [-0.2, -0.15) is 0 Å². The van der Waals surface area contributed by atoms with Gasteiger partial charge in [0.05, 0.1) is 12.1 Å². The van der Waals surface area contributed by atoms with E-state index < -0.39 is 6.10 Å². The molecule has 2 N–H and O–H groups in total. The van der Waals surface area contributed by atoms with Crippen molar-refractivity contribution in [2.75, 3.05) is 11.9 Å². The lowest BCUT2D eigenvalue weighted by Gasteiger charge is -2.25. The third kappa shape index (κ3) is 3.71. The standard InChI is InChI=1S/C18H17FN2O3/c19-13-6-2-1-5-12(13)9-10-20-17(22)11-16-18(23)21-14-7-3-4-8-15(14)24-16/h1-8,16H,9-11H2,(H,20,22)(H,21,23). The zero-order valence-corrected chi connectivity index (χ0v) is 12.9. The number of para-hydroxylation sites is 2.